The molecule has 2 amide bonds. The number of anilines is 1. The molecule has 0 radical (unpaired) electrons. The Kier molecular flexibility index (Phi) is 6.07. The quantitative estimate of drug-likeness (QED) is 0.886. The van der Waals surface area contributed by atoms with E-state index < -0.39 is 0 Å². The number of hydrogen-bond donors (Lipinski definition) is 1. The van der Waals surface area contributed by atoms with Crippen LogP contribution in [0.4, 0.5) is 10.1 Å². The van der Waals surface area contributed by atoms with E-state index in [0.29, 0.717) is 5.56 Å². The van der Waals surface area contributed by atoms with Crippen LogP contribution < -0.4 is 5.32 Å². The topological polar surface area (TPSA) is 49.4 Å². The summed E-state index contributed by atoms with van der Waals surface area (Å²) in [4.78, 5) is 25.7. The Morgan fingerprint density at radius 1 is 1.08 bits per heavy atom. The number of likely N-dealkylation sites (N-methyl/N-ethyl adjacent to an activating group) is 1. The fraction of sp³-hybridized carbons (Fsp3) is 0.263. The molecule has 0 heterocycles. The number of carbonyl (C=O) groups is 2. The SMILES string of the molecule is CCc1ccccc1NC(=O)CN(C)C(=O)Cc1ccc(F)cc1. The lowest BCUT2D eigenvalue weighted by atomic mass is 10.1. The number of para-hydroxylation sites is 1. The van der Waals surface area contributed by atoms with Crippen LogP contribution in [0.1, 0.15) is 18.1 Å². The molecule has 24 heavy (non-hydrogen) atoms. The van der Waals surface area contributed by atoms with Crippen molar-refractivity contribution in [3.63, 3.8) is 0 Å². The maximum Gasteiger partial charge on any atom is 0.243 e. The second kappa shape index (κ2) is 8.24. The number of hydrogen-bond acceptors (Lipinski definition) is 2. The second-order valence-electron chi connectivity index (χ2n) is 5.61. The third-order valence-corrected chi connectivity index (χ3v) is 3.75. The smallest absolute Gasteiger partial charge is 0.243 e. The van der Waals surface area contributed by atoms with Crippen LogP contribution in [0.2, 0.25) is 0 Å². The lowest BCUT2D eigenvalue weighted by Crippen LogP contribution is -2.35. The first kappa shape index (κ1) is 17.7. The van der Waals surface area contributed by atoms with Gasteiger partial charge in [-0.25, -0.2) is 4.39 Å². The third-order valence-electron chi connectivity index (χ3n) is 3.75. The van der Waals surface area contributed by atoms with Crippen LogP contribution in [0, 0.1) is 5.82 Å². The highest BCUT2D eigenvalue weighted by Crippen LogP contribution is 2.15. The fourth-order valence-corrected chi connectivity index (χ4v) is 2.36. The molecule has 1 N–H and O–H groups in total. The first-order valence-electron chi connectivity index (χ1n) is 7.85. The number of carbonyl (C=O) groups excluding carboxylic acids is 2. The Balaban J connectivity index is 1.90. The van der Waals surface area contributed by atoms with E-state index in [9.17, 15) is 14.0 Å². The van der Waals surface area contributed by atoms with Gasteiger partial charge < -0.3 is 10.2 Å². The van der Waals surface area contributed by atoms with Crippen LogP contribution in [0.25, 0.3) is 0 Å². The molecule has 5 heteroatoms. The zero-order chi connectivity index (χ0) is 17.5. The van der Waals surface area contributed by atoms with Gasteiger partial charge in [0.15, 0.2) is 0 Å². The molecule has 0 unspecified atom stereocenters. The van der Waals surface area contributed by atoms with Crippen LogP contribution in [0.15, 0.2) is 48.5 Å². The average Bonchev–Trinajstić information content (AvgIpc) is 2.57. The summed E-state index contributed by atoms with van der Waals surface area (Å²) >= 11 is 0. The van der Waals surface area contributed by atoms with Crippen LogP contribution in [-0.2, 0) is 22.4 Å². The van der Waals surface area contributed by atoms with Crippen molar-refractivity contribution in [1.82, 2.24) is 4.90 Å². The molecule has 0 aliphatic carbocycles. The van der Waals surface area contributed by atoms with Gasteiger partial charge in [-0.3, -0.25) is 9.59 Å². The van der Waals surface area contributed by atoms with Gasteiger partial charge in [-0.1, -0.05) is 37.3 Å². The molecule has 0 aliphatic heterocycles. The van der Waals surface area contributed by atoms with E-state index in [2.05, 4.69) is 5.32 Å². The molecular formula is C19H21FN2O2. The number of benzene rings is 2. The van der Waals surface area contributed by atoms with E-state index in [1.807, 2.05) is 31.2 Å². The van der Waals surface area contributed by atoms with E-state index in [4.69, 9.17) is 0 Å². The number of halogens is 1. The monoisotopic (exact) mass is 328 g/mol. The highest BCUT2D eigenvalue weighted by Gasteiger charge is 2.14. The Hall–Kier alpha value is -2.69. The first-order chi connectivity index (χ1) is 11.5. The Morgan fingerprint density at radius 3 is 2.42 bits per heavy atom. The van der Waals surface area contributed by atoms with Gasteiger partial charge in [-0.15, -0.1) is 0 Å². The van der Waals surface area contributed by atoms with Crippen molar-refractivity contribution in [2.45, 2.75) is 19.8 Å². The third kappa shape index (κ3) is 4.91. The van der Waals surface area contributed by atoms with E-state index in [1.54, 1.807) is 19.2 Å². The van der Waals surface area contributed by atoms with Gasteiger partial charge in [0, 0.05) is 12.7 Å². The molecule has 0 aliphatic rings. The zero-order valence-corrected chi connectivity index (χ0v) is 13.9. The number of rotatable bonds is 6. The van der Waals surface area contributed by atoms with Gasteiger partial charge in [-0.05, 0) is 35.7 Å². The minimum absolute atomic E-state index is 0.0297. The lowest BCUT2D eigenvalue weighted by Gasteiger charge is -2.17. The second-order valence-corrected chi connectivity index (χ2v) is 5.61. The van der Waals surface area contributed by atoms with Crippen LogP contribution in [-0.4, -0.2) is 30.3 Å². The fourth-order valence-electron chi connectivity index (χ4n) is 2.36. The summed E-state index contributed by atoms with van der Waals surface area (Å²) in [6, 6.07) is 13.4. The number of amides is 2. The summed E-state index contributed by atoms with van der Waals surface area (Å²) in [5, 5.41) is 2.84. The number of aryl methyl sites for hydroxylation is 1. The molecule has 2 aromatic rings. The standard InChI is InChI=1S/C19H21FN2O2/c1-3-15-6-4-5-7-17(15)21-18(23)13-22(2)19(24)12-14-8-10-16(20)11-9-14/h4-11H,3,12-13H2,1-2H3,(H,21,23). The van der Waals surface area contributed by atoms with Crippen molar-refractivity contribution in [3.8, 4) is 0 Å². The molecule has 0 atom stereocenters. The molecular weight excluding hydrogens is 307 g/mol. The van der Waals surface area contributed by atoms with Crippen LogP contribution in [0.5, 0.6) is 0 Å². The minimum atomic E-state index is -0.339. The molecule has 4 nitrogen and oxygen atoms in total. The molecule has 0 saturated carbocycles. The predicted molar refractivity (Wildman–Crippen MR) is 92.2 cm³/mol. The molecule has 126 valence electrons. The minimum Gasteiger partial charge on any atom is -0.336 e. The van der Waals surface area contributed by atoms with E-state index in [1.165, 1.54) is 17.0 Å². The summed E-state index contributed by atoms with van der Waals surface area (Å²) in [6.45, 7) is 1.99. The van der Waals surface area contributed by atoms with Crippen molar-refractivity contribution in [2.75, 3.05) is 18.9 Å². The largest absolute Gasteiger partial charge is 0.336 e. The average molecular weight is 328 g/mol. The number of nitrogens with zero attached hydrogens (tertiary/aromatic N) is 1. The Labute approximate surface area is 141 Å². The summed E-state index contributed by atoms with van der Waals surface area (Å²) in [5.74, 6) is -0.778. The van der Waals surface area contributed by atoms with E-state index in [0.717, 1.165) is 17.7 Å². The van der Waals surface area contributed by atoms with Crippen LogP contribution in [0.3, 0.4) is 0 Å². The lowest BCUT2D eigenvalue weighted by molar-refractivity contribution is -0.132. The summed E-state index contributed by atoms with van der Waals surface area (Å²) in [7, 11) is 1.58. The number of nitrogens with one attached hydrogen (secondary N) is 1. The van der Waals surface area contributed by atoms with E-state index >= 15 is 0 Å². The molecule has 2 aromatic carbocycles. The van der Waals surface area contributed by atoms with Crippen molar-refractivity contribution < 1.29 is 14.0 Å². The maximum atomic E-state index is 12.9. The summed E-state index contributed by atoms with van der Waals surface area (Å²) in [6.07, 6.45) is 0.950. The Morgan fingerprint density at radius 2 is 1.75 bits per heavy atom. The van der Waals surface area contributed by atoms with Gasteiger partial charge in [-0.2, -0.15) is 0 Å². The molecule has 0 spiro atoms. The van der Waals surface area contributed by atoms with Gasteiger partial charge in [0.05, 0.1) is 13.0 Å². The molecule has 0 aromatic heterocycles. The van der Waals surface area contributed by atoms with Crippen molar-refractivity contribution in [3.05, 3.63) is 65.5 Å². The van der Waals surface area contributed by atoms with Gasteiger partial charge >= 0.3 is 0 Å². The molecule has 2 rings (SSSR count). The normalized spacial score (nSPS) is 10.3. The van der Waals surface area contributed by atoms with Crippen molar-refractivity contribution >= 4 is 17.5 Å². The van der Waals surface area contributed by atoms with Crippen molar-refractivity contribution in [2.24, 2.45) is 0 Å². The molecule has 0 bridgehead atoms. The van der Waals surface area contributed by atoms with Crippen LogP contribution >= 0.6 is 0 Å². The van der Waals surface area contributed by atoms with Gasteiger partial charge in [0.1, 0.15) is 5.82 Å². The molecule has 0 saturated heterocycles. The molecule has 0 fully saturated rings. The summed E-state index contributed by atoms with van der Waals surface area (Å²) in [5.41, 5.74) is 2.53. The van der Waals surface area contributed by atoms with Gasteiger partial charge in [0.2, 0.25) is 11.8 Å². The van der Waals surface area contributed by atoms with Crippen molar-refractivity contribution in [1.29, 1.82) is 0 Å². The summed E-state index contributed by atoms with van der Waals surface area (Å²) < 4.78 is 12.9. The maximum absolute atomic E-state index is 12.9. The van der Waals surface area contributed by atoms with Gasteiger partial charge in [0.25, 0.3) is 0 Å². The Bertz CT molecular complexity index is 714. The highest BCUT2D eigenvalue weighted by atomic mass is 19.1. The predicted octanol–water partition coefficient (Wildman–Crippen LogP) is 3.03. The zero-order valence-electron chi connectivity index (χ0n) is 13.9. The van der Waals surface area contributed by atoms with E-state index in [-0.39, 0.29) is 30.6 Å². The highest BCUT2D eigenvalue weighted by molar-refractivity contribution is 5.95. The first-order valence-corrected chi connectivity index (χ1v) is 7.85.